The molecule has 4 aromatic rings. The number of nitrogens with zero attached hydrogens (tertiary/aromatic N) is 3. The highest BCUT2D eigenvalue weighted by Crippen LogP contribution is 2.32. The van der Waals surface area contributed by atoms with Gasteiger partial charge < -0.3 is 14.3 Å². The lowest BCUT2D eigenvalue weighted by molar-refractivity contribution is 0.157. The molecular weight excluding hydrogens is 384 g/mol. The Morgan fingerprint density at radius 3 is 2.86 bits per heavy atom. The van der Waals surface area contributed by atoms with Crippen LogP contribution < -0.4 is 10.3 Å². The number of methoxy groups -OCH3 is 1. The van der Waals surface area contributed by atoms with Crippen LogP contribution in [0.2, 0.25) is 0 Å². The second kappa shape index (κ2) is 7.17. The van der Waals surface area contributed by atoms with E-state index in [1.807, 2.05) is 30.3 Å². The van der Waals surface area contributed by atoms with E-state index in [2.05, 4.69) is 39.7 Å². The first-order valence-electron chi connectivity index (χ1n) is 9.68. The summed E-state index contributed by atoms with van der Waals surface area (Å²) >= 11 is 1.47. The second-order valence-electron chi connectivity index (χ2n) is 7.34. The lowest BCUT2D eigenvalue weighted by Crippen LogP contribution is -2.36. The van der Waals surface area contributed by atoms with Crippen LogP contribution in [0.5, 0.6) is 5.75 Å². The van der Waals surface area contributed by atoms with Crippen molar-refractivity contribution in [2.75, 3.05) is 13.7 Å². The monoisotopic (exact) mass is 406 g/mol. The Bertz CT molecular complexity index is 1220. The van der Waals surface area contributed by atoms with Crippen molar-refractivity contribution in [3.63, 3.8) is 0 Å². The summed E-state index contributed by atoms with van der Waals surface area (Å²) < 4.78 is 8.19. The minimum Gasteiger partial charge on any atom is -0.497 e. The van der Waals surface area contributed by atoms with E-state index >= 15 is 0 Å². The summed E-state index contributed by atoms with van der Waals surface area (Å²) in [5.74, 6) is 1.53. The topological polar surface area (TPSA) is 63.1 Å². The Morgan fingerprint density at radius 2 is 2.07 bits per heavy atom. The molecule has 0 fully saturated rings. The van der Waals surface area contributed by atoms with E-state index in [1.165, 1.54) is 17.0 Å². The first-order chi connectivity index (χ1) is 14.1. The number of aromatic nitrogens is 3. The minimum absolute atomic E-state index is 0.0669. The summed E-state index contributed by atoms with van der Waals surface area (Å²) in [5, 5.41) is 0. The van der Waals surface area contributed by atoms with E-state index in [4.69, 9.17) is 9.72 Å². The maximum Gasteiger partial charge on any atom is 0.268 e. The molecule has 1 atom stereocenters. The van der Waals surface area contributed by atoms with Crippen LogP contribution in [-0.2, 0) is 13.1 Å². The summed E-state index contributed by atoms with van der Waals surface area (Å²) in [6, 6.07) is 14.4. The number of thiophene rings is 1. The summed E-state index contributed by atoms with van der Waals surface area (Å²) in [5.41, 5.74) is 3.05. The average molecular weight is 407 g/mol. The van der Waals surface area contributed by atoms with Gasteiger partial charge in [-0.05, 0) is 55.0 Å². The molecule has 0 saturated heterocycles. The van der Waals surface area contributed by atoms with Gasteiger partial charge in [0.25, 0.3) is 5.56 Å². The highest BCUT2D eigenvalue weighted by atomic mass is 32.1. The van der Waals surface area contributed by atoms with Crippen LogP contribution in [0.4, 0.5) is 0 Å². The second-order valence-corrected chi connectivity index (χ2v) is 8.39. The van der Waals surface area contributed by atoms with Crippen molar-refractivity contribution in [2.45, 2.75) is 26.1 Å². The van der Waals surface area contributed by atoms with Crippen molar-refractivity contribution in [3.05, 3.63) is 70.5 Å². The molecule has 0 saturated carbocycles. The number of hydrogen-bond acceptors (Lipinski definition) is 5. The van der Waals surface area contributed by atoms with Gasteiger partial charge in [-0.3, -0.25) is 9.69 Å². The molecule has 1 N–H and O–H groups in total. The van der Waals surface area contributed by atoms with Gasteiger partial charge in [0.15, 0.2) is 0 Å². The molecular formula is C22H22N4O2S. The molecule has 7 heteroatoms. The van der Waals surface area contributed by atoms with Gasteiger partial charge in [0.2, 0.25) is 0 Å². The highest BCUT2D eigenvalue weighted by Gasteiger charge is 2.24. The average Bonchev–Trinajstić information content (AvgIpc) is 3.38. The van der Waals surface area contributed by atoms with Gasteiger partial charge in [0.1, 0.15) is 16.3 Å². The van der Waals surface area contributed by atoms with Crippen molar-refractivity contribution < 1.29 is 4.74 Å². The Morgan fingerprint density at radius 1 is 1.24 bits per heavy atom. The Hall–Kier alpha value is -2.90. The lowest BCUT2D eigenvalue weighted by atomic mass is 10.1. The number of ether oxygens (including phenoxy) is 1. The van der Waals surface area contributed by atoms with Gasteiger partial charge in [0, 0.05) is 35.9 Å². The van der Waals surface area contributed by atoms with Crippen LogP contribution in [0, 0.1) is 0 Å². The first kappa shape index (κ1) is 18.1. The van der Waals surface area contributed by atoms with Gasteiger partial charge in [-0.1, -0.05) is 0 Å². The van der Waals surface area contributed by atoms with Crippen molar-refractivity contribution in [2.24, 2.45) is 0 Å². The van der Waals surface area contributed by atoms with Crippen LogP contribution in [0.3, 0.4) is 0 Å². The van der Waals surface area contributed by atoms with Crippen molar-refractivity contribution in [1.82, 2.24) is 19.4 Å². The third kappa shape index (κ3) is 3.26. The molecule has 29 heavy (non-hydrogen) atoms. The van der Waals surface area contributed by atoms with Crippen LogP contribution in [0.1, 0.15) is 24.5 Å². The Labute approximate surface area is 172 Å². The summed E-state index contributed by atoms with van der Waals surface area (Å²) in [6.07, 6.45) is 2.13. The largest absolute Gasteiger partial charge is 0.497 e. The maximum atomic E-state index is 12.7. The predicted molar refractivity (Wildman–Crippen MR) is 115 cm³/mol. The minimum atomic E-state index is -0.0669. The van der Waals surface area contributed by atoms with E-state index < -0.39 is 0 Å². The molecule has 148 valence electrons. The van der Waals surface area contributed by atoms with Gasteiger partial charge in [-0.15, -0.1) is 11.3 Å². The fourth-order valence-corrected chi connectivity index (χ4v) is 4.99. The van der Waals surface area contributed by atoms with Crippen LogP contribution >= 0.6 is 11.3 Å². The highest BCUT2D eigenvalue weighted by molar-refractivity contribution is 7.22. The summed E-state index contributed by atoms with van der Waals surface area (Å²) in [4.78, 5) is 23.8. The molecule has 1 aliphatic heterocycles. The predicted octanol–water partition coefficient (Wildman–Crippen LogP) is 4.04. The molecule has 0 spiro atoms. The van der Waals surface area contributed by atoms with Crippen LogP contribution in [-0.4, -0.2) is 33.1 Å². The third-order valence-electron chi connectivity index (χ3n) is 5.63. The molecule has 0 aliphatic carbocycles. The fraction of sp³-hybridized carbons (Fsp3) is 0.273. The molecule has 0 amide bonds. The Balaban J connectivity index is 1.44. The number of fused-ring (bicyclic) bond motifs is 2. The van der Waals surface area contributed by atoms with Gasteiger partial charge in [0.05, 0.1) is 19.2 Å². The standard InChI is InChI=1S/C22H22N4O2S/c1-14-18-4-3-9-25(18)10-11-26(14)13-20-23-17-12-19(29-21(17)22(27)24-20)15-5-7-16(28-2)8-6-15/h3-9,12,14H,10-11,13H2,1-2H3,(H,23,24,27). The number of rotatable bonds is 4. The zero-order valence-corrected chi connectivity index (χ0v) is 17.2. The summed E-state index contributed by atoms with van der Waals surface area (Å²) in [7, 11) is 1.65. The number of aromatic amines is 1. The smallest absolute Gasteiger partial charge is 0.268 e. The van der Waals surface area contributed by atoms with Gasteiger partial charge in [-0.2, -0.15) is 0 Å². The molecule has 3 aromatic heterocycles. The summed E-state index contributed by atoms with van der Waals surface area (Å²) in [6.45, 7) is 4.73. The van der Waals surface area contributed by atoms with Crippen LogP contribution in [0.15, 0.2) is 53.5 Å². The first-order valence-corrected chi connectivity index (χ1v) is 10.5. The molecule has 5 rings (SSSR count). The number of hydrogen-bond donors (Lipinski definition) is 1. The number of nitrogens with one attached hydrogen (secondary N) is 1. The van der Waals surface area contributed by atoms with Crippen LogP contribution in [0.25, 0.3) is 20.7 Å². The van der Waals surface area contributed by atoms with Gasteiger partial charge in [-0.25, -0.2) is 4.98 Å². The van der Waals surface area contributed by atoms with Crippen molar-refractivity contribution >= 4 is 21.6 Å². The van der Waals surface area contributed by atoms with E-state index in [0.717, 1.165) is 34.8 Å². The third-order valence-corrected chi connectivity index (χ3v) is 6.80. The maximum absolute atomic E-state index is 12.7. The SMILES string of the molecule is COc1ccc(-c2cc3nc(CN4CCn5cccc5C4C)[nH]c(=O)c3s2)cc1. The number of H-pyrrole nitrogens is 1. The van der Waals surface area contributed by atoms with Gasteiger partial charge >= 0.3 is 0 Å². The lowest BCUT2D eigenvalue weighted by Gasteiger charge is -2.34. The molecule has 6 nitrogen and oxygen atoms in total. The normalized spacial score (nSPS) is 16.8. The molecule has 1 aromatic carbocycles. The quantitative estimate of drug-likeness (QED) is 0.556. The van der Waals surface area contributed by atoms with E-state index in [1.54, 1.807) is 7.11 Å². The molecule has 0 radical (unpaired) electrons. The molecule has 1 aliphatic rings. The zero-order chi connectivity index (χ0) is 20.0. The molecule has 4 heterocycles. The van der Waals surface area contributed by atoms with E-state index in [9.17, 15) is 4.79 Å². The van der Waals surface area contributed by atoms with Crippen molar-refractivity contribution in [1.29, 1.82) is 0 Å². The van der Waals surface area contributed by atoms with E-state index in [0.29, 0.717) is 17.1 Å². The van der Waals surface area contributed by atoms with E-state index in [-0.39, 0.29) is 11.6 Å². The molecule has 0 bridgehead atoms. The fourth-order valence-electron chi connectivity index (χ4n) is 4.00. The molecule has 1 unspecified atom stereocenters. The zero-order valence-electron chi connectivity index (χ0n) is 16.4. The Kier molecular flexibility index (Phi) is 4.49. The number of benzene rings is 1. The van der Waals surface area contributed by atoms with Crippen molar-refractivity contribution in [3.8, 4) is 16.2 Å².